The minimum Gasteiger partial charge on any atom is -0.508 e. The van der Waals surface area contributed by atoms with Crippen molar-refractivity contribution >= 4 is 43.1 Å². The van der Waals surface area contributed by atoms with E-state index in [0.29, 0.717) is 16.9 Å². The smallest absolute Gasteiger partial charge is 0.176 e. The zero-order valence-corrected chi connectivity index (χ0v) is 38.1. The van der Waals surface area contributed by atoms with Gasteiger partial charge in [0.25, 0.3) is 0 Å². The van der Waals surface area contributed by atoms with Crippen LogP contribution in [0.4, 0.5) is 0 Å². The van der Waals surface area contributed by atoms with Crippen LogP contribution in [-0.2, 0) is 10.8 Å². The second-order valence-electron chi connectivity index (χ2n) is 18.9. The van der Waals surface area contributed by atoms with Gasteiger partial charge in [-0.25, -0.2) is 0 Å². The number of rotatable bonds is 6. The fourth-order valence-electron chi connectivity index (χ4n) is 12.4. The van der Waals surface area contributed by atoms with Crippen LogP contribution in [-0.4, -0.2) is 20.4 Å². The van der Waals surface area contributed by atoms with E-state index < -0.39 is 10.8 Å². The van der Waals surface area contributed by atoms with E-state index in [-0.39, 0.29) is 23.0 Å². The maximum Gasteiger partial charge on any atom is 0.176 e. The maximum absolute atomic E-state index is 11.7. The highest BCUT2D eigenvalue weighted by Gasteiger charge is 2.48. The second-order valence-corrected chi connectivity index (χ2v) is 18.9. The Morgan fingerprint density at radius 2 is 0.761 bits per heavy atom. The normalized spacial score (nSPS) is 13.8. The Hall–Kier alpha value is -9.32. The molecule has 0 bridgehead atoms. The molecule has 0 atom stereocenters. The molecule has 2 aliphatic rings. The first-order valence-corrected chi connectivity index (χ1v) is 23.9. The number of phenolic OH excluding ortho intramolecular Hbond substituents is 4. The summed E-state index contributed by atoms with van der Waals surface area (Å²) in [6.45, 7) is 0. The Balaban J connectivity index is 0.922. The van der Waals surface area contributed by atoms with Crippen LogP contribution in [0.5, 0.6) is 34.5 Å². The van der Waals surface area contributed by atoms with E-state index in [0.717, 1.165) is 82.2 Å². The van der Waals surface area contributed by atoms with E-state index in [4.69, 9.17) is 4.74 Å². The summed E-state index contributed by atoms with van der Waals surface area (Å²) < 4.78 is 6.92. The standard InChI is InChI=1S/C66H42O5/c67-48-29-24-39-33-44(26-23-40(39)37-48)65(55-17-5-1-13-51(55)52-14-2-6-18-56(52)65)45-27-30-49-41(34-45)11-10-22-62(49)71-64-50-31-28-46(35-42(50)25-32-60(64)69)66(47-36-43-12-9-21-59(68)63(43)61(70)38-47)57-19-7-3-15-53(57)54-16-4-8-20-58(54)66/h1-38,67-70H. The molecule has 71 heavy (non-hydrogen) atoms. The van der Waals surface area contributed by atoms with Crippen LogP contribution in [0.3, 0.4) is 0 Å². The van der Waals surface area contributed by atoms with Gasteiger partial charge < -0.3 is 25.2 Å². The molecule has 4 N–H and O–H groups in total. The Morgan fingerprint density at radius 3 is 1.39 bits per heavy atom. The summed E-state index contributed by atoms with van der Waals surface area (Å²) in [5.41, 5.74) is 11.8. The van der Waals surface area contributed by atoms with Gasteiger partial charge in [-0.2, -0.15) is 0 Å². The van der Waals surface area contributed by atoms with Crippen molar-refractivity contribution in [3.63, 3.8) is 0 Å². The number of hydrogen-bond acceptors (Lipinski definition) is 5. The number of aromatic hydroxyl groups is 4. The van der Waals surface area contributed by atoms with E-state index in [2.05, 4.69) is 158 Å². The molecule has 0 heterocycles. The molecule has 0 saturated carbocycles. The van der Waals surface area contributed by atoms with E-state index in [1.807, 2.05) is 42.5 Å². The second kappa shape index (κ2) is 15.1. The maximum atomic E-state index is 11.7. The van der Waals surface area contributed by atoms with Crippen LogP contribution >= 0.6 is 0 Å². The third-order valence-corrected chi connectivity index (χ3v) is 15.4. The third kappa shape index (κ3) is 5.69. The van der Waals surface area contributed by atoms with Gasteiger partial charge in [0, 0.05) is 10.8 Å². The topological polar surface area (TPSA) is 90.2 Å². The predicted octanol–water partition coefficient (Wildman–Crippen LogP) is 15.6. The monoisotopic (exact) mass is 914 g/mol. The van der Waals surface area contributed by atoms with Gasteiger partial charge in [0.05, 0.1) is 16.2 Å². The summed E-state index contributed by atoms with van der Waals surface area (Å²) in [7, 11) is 0. The number of hydrogen-bond donors (Lipinski definition) is 4. The molecule has 0 fully saturated rings. The molecule has 5 nitrogen and oxygen atoms in total. The predicted molar refractivity (Wildman–Crippen MR) is 284 cm³/mol. The lowest BCUT2D eigenvalue weighted by Gasteiger charge is -2.34. The average Bonchev–Trinajstić information content (AvgIpc) is 3.89. The highest BCUT2D eigenvalue weighted by molar-refractivity contribution is 5.99. The van der Waals surface area contributed by atoms with Crippen molar-refractivity contribution in [3.05, 3.63) is 275 Å². The van der Waals surface area contributed by atoms with Gasteiger partial charge in [0.2, 0.25) is 0 Å². The van der Waals surface area contributed by atoms with Gasteiger partial charge in [0.1, 0.15) is 23.0 Å². The fourth-order valence-corrected chi connectivity index (χ4v) is 12.4. The van der Waals surface area contributed by atoms with Gasteiger partial charge in [-0.15, -0.1) is 0 Å². The van der Waals surface area contributed by atoms with Crippen LogP contribution in [0.15, 0.2) is 231 Å². The lowest BCUT2D eigenvalue weighted by Crippen LogP contribution is -2.28. The van der Waals surface area contributed by atoms with Gasteiger partial charge in [-0.1, -0.05) is 170 Å². The first-order chi connectivity index (χ1) is 34.8. The van der Waals surface area contributed by atoms with Crippen molar-refractivity contribution in [1.82, 2.24) is 0 Å². The van der Waals surface area contributed by atoms with E-state index in [1.165, 1.54) is 22.3 Å². The van der Waals surface area contributed by atoms with Crippen molar-refractivity contribution in [2.24, 2.45) is 0 Å². The quantitative estimate of drug-likeness (QED) is 0.133. The molecule has 12 aromatic carbocycles. The van der Waals surface area contributed by atoms with Crippen LogP contribution < -0.4 is 4.74 Å². The molecule has 336 valence electrons. The zero-order valence-electron chi connectivity index (χ0n) is 38.1. The van der Waals surface area contributed by atoms with Crippen molar-refractivity contribution in [2.45, 2.75) is 10.8 Å². The van der Waals surface area contributed by atoms with Crippen LogP contribution in [0.1, 0.15) is 44.5 Å². The minimum atomic E-state index is -0.849. The Bertz CT molecular complexity index is 4130. The first-order valence-electron chi connectivity index (χ1n) is 23.9. The largest absolute Gasteiger partial charge is 0.508 e. The van der Waals surface area contributed by atoms with E-state index in [9.17, 15) is 20.4 Å². The molecule has 0 spiro atoms. The van der Waals surface area contributed by atoms with Crippen LogP contribution in [0.2, 0.25) is 0 Å². The van der Waals surface area contributed by atoms with Gasteiger partial charge in [-0.3, -0.25) is 0 Å². The molecule has 0 unspecified atom stereocenters. The van der Waals surface area contributed by atoms with Crippen molar-refractivity contribution < 1.29 is 25.2 Å². The van der Waals surface area contributed by atoms with E-state index in [1.54, 1.807) is 30.3 Å². The average molecular weight is 915 g/mol. The summed E-state index contributed by atoms with van der Waals surface area (Å²) in [5.74, 6) is 1.25. The summed E-state index contributed by atoms with van der Waals surface area (Å²) in [4.78, 5) is 0. The van der Waals surface area contributed by atoms with Crippen molar-refractivity contribution in [2.75, 3.05) is 0 Å². The summed E-state index contributed by atoms with van der Waals surface area (Å²) in [6.07, 6.45) is 0. The zero-order chi connectivity index (χ0) is 47.6. The number of ether oxygens (including phenoxy) is 1. The summed E-state index contributed by atoms with van der Waals surface area (Å²) >= 11 is 0. The molecule has 12 aromatic rings. The molecule has 14 rings (SSSR count). The highest BCUT2D eigenvalue weighted by Crippen LogP contribution is 2.59. The number of fused-ring (bicyclic) bond motifs is 10. The Labute approximate surface area is 409 Å². The van der Waals surface area contributed by atoms with Crippen LogP contribution in [0, 0.1) is 0 Å². The molecule has 0 aliphatic heterocycles. The molecular weight excluding hydrogens is 873 g/mol. The molecule has 5 heteroatoms. The molecule has 2 aliphatic carbocycles. The number of phenols is 4. The lowest BCUT2D eigenvalue weighted by atomic mass is 9.67. The number of benzene rings is 12. The Morgan fingerprint density at radius 1 is 0.296 bits per heavy atom. The lowest BCUT2D eigenvalue weighted by molar-refractivity contribution is 0.417. The minimum absolute atomic E-state index is 0.00377. The molecule has 0 aromatic heterocycles. The van der Waals surface area contributed by atoms with Gasteiger partial charge in [0.15, 0.2) is 11.5 Å². The highest BCUT2D eigenvalue weighted by atomic mass is 16.5. The molecule has 0 radical (unpaired) electrons. The molecule has 0 amide bonds. The summed E-state index contributed by atoms with van der Waals surface area (Å²) in [5, 5.41) is 51.2. The fraction of sp³-hybridized carbons (Fsp3) is 0.0303. The first kappa shape index (κ1) is 40.7. The Kier molecular flexibility index (Phi) is 8.65. The van der Waals surface area contributed by atoms with Crippen molar-refractivity contribution in [1.29, 1.82) is 0 Å². The van der Waals surface area contributed by atoms with E-state index >= 15 is 0 Å². The SMILES string of the molecule is Oc1ccc2cc(C3(c4ccc5c(Oc6c(O)ccc7cc(C8(c9cc(O)c%10c(O)cccc%10c9)c9ccccc9-c9ccccc98)ccc67)cccc5c4)c4ccccc4-c4ccccc43)ccc2c1. The summed E-state index contributed by atoms with van der Waals surface area (Å²) in [6, 6.07) is 78.2. The molecule has 0 saturated heterocycles. The van der Waals surface area contributed by atoms with Crippen LogP contribution in [0.25, 0.3) is 65.3 Å². The van der Waals surface area contributed by atoms with Crippen molar-refractivity contribution in [3.8, 4) is 56.8 Å². The van der Waals surface area contributed by atoms with Gasteiger partial charge >= 0.3 is 0 Å². The third-order valence-electron chi connectivity index (χ3n) is 15.4. The molecular formula is C66H42O5. The van der Waals surface area contributed by atoms with Gasteiger partial charge in [-0.05, 0) is 154 Å².